The van der Waals surface area contributed by atoms with E-state index < -0.39 is 5.97 Å². The van der Waals surface area contributed by atoms with Crippen LogP contribution in [0.1, 0.15) is 11.1 Å². The van der Waals surface area contributed by atoms with Crippen molar-refractivity contribution < 1.29 is 14.3 Å². The molecule has 0 aromatic heterocycles. The number of esters is 1. The Morgan fingerprint density at radius 3 is 2.57 bits per heavy atom. The van der Waals surface area contributed by atoms with Gasteiger partial charge in [0.25, 0.3) is 0 Å². The number of rotatable bonds is 4. The third kappa shape index (κ3) is 4.48. The molecular formula is C16H14BrClO3. The van der Waals surface area contributed by atoms with Gasteiger partial charge >= 0.3 is 5.97 Å². The first-order chi connectivity index (χ1) is 9.95. The maximum Gasteiger partial charge on any atom is 0.349 e. The maximum absolute atomic E-state index is 11.8. The van der Waals surface area contributed by atoms with Crippen molar-refractivity contribution in [2.75, 3.05) is 6.61 Å². The molecule has 0 bridgehead atoms. The van der Waals surface area contributed by atoms with Crippen LogP contribution in [-0.2, 0) is 4.79 Å². The number of carbonyl (C=O) groups is 1. The Morgan fingerprint density at radius 2 is 1.90 bits per heavy atom. The summed E-state index contributed by atoms with van der Waals surface area (Å²) in [5, 5.41) is 0.605. The number of aryl methyl sites for hydroxylation is 2. The second kappa shape index (κ2) is 6.96. The molecule has 0 aliphatic carbocycles. The highest BCUT2D eigenvalue weighted by Gasteiger charge is 2.09. The van der Waals surface area contributed by atoms with Crippen molar-refractivity contribution in [1.29, 1.82) is 0 Å². The molecule has 110 valence electrons. The van der Waals surface area contributed by atoms with Gasteiger partial charge in [-0.2, -0.15) is 0 Å². The van der Waals surface area contributed by atoms with Gasteiger partial charge in [-0.15, -0.1) is 0 Å². The van der Waals surface area contributed by atoms with Crippen molar-refractivity contribution in [3.8, 4) is 11.5 Å². The second-order valence-electron chi connectivity index (χ2n) is 4.58. The lowest BCUT2D eigenvalue weighted by Crippen LogP contribution is -2.18. The standard InChI is InChI=1S/C16H14BrClO3/c1-10-8-13(4-5-14(10)17)20-9-16(19)21-15-6-3-12(18)7-11(15)2/h3-8H,9H2,1-2H3. The normalized spacial score (nSPS) is 10.3. The monoisotopic (exact) mass is 368 g/mol. The van der Waals surface area contributed by atoms with E-state index in [9.17, 15) is 4.79 Å². The summed E-state index contributed by atoms with van der Waals surface area (Å²) in [7, 11) is 0. The van der Waals surface area contributed by atoms with Crippen molar-refractivity contribution in [1.82, 2.24) is 0 Å². The third-order valence-corrected chi connectivity index (χ3v) is 3.97. The van der Waals surface area contributed by atoms with E-state index in [-0.39, 0.29) is 6.61 Å². The number of benzene rings is 2. The fourth-order valence-corrected chi connectivity index (χ4v) is 2.20. The third-order valence-electron chi connectivity index (χ3n) is 2.85. The zero-order valence-electron chi connectivity index (χ0n) is 11.7. The molecule has 0 atom stereocenters. The summed E-state index contributed by atoms with van der Waals surface area (Å²) in [5.41, 5.74) is 1.84. The summed E-state index contributed by atoms with van der Waals surface area (Å²) in [6.07, 6.45) is 0. The van der Waals surface area contributed by atoms with Crippen LogP contribution < -0.4 is 9.47 Å². The predicted molar refractivity (Wildman–Crippen MR) is 86.2 cm³/mol. The Bertz CT molecular complexity index is 671. The van der Waals surface area contributed by atoms with Gasteiger partial charge in [0.2, 0.25) is 0 Å². The average molecular weight is 370 g/mol. The van der Waals surface area contributed by atoms with Gasteiger partial charge in [-0.3, -0.25) is 0 Å². The van der Waals surface area contributed by atoms with Crippen molar-refractivity contribution in [3.63, 3.8) is 0 Å². The minimum absolute atomic E-state index is 0.150. The number of hydrogen-bond donors (Lipinski definition) is 0. The molecule has 0 N–H and O–H groups in total. The van der Waals surface area contributed by atoms with Gasteiger partial charge in [0, 0.05) is 9.50 Å². The largest absolute Gasteiger partial charge is 0.482 e. The Kier molecular flexibility index (Phi) is 5.26. The smallest absolute Gasteiger partial charge is 0.349 e. The topological polar surface area (TPSA) is 35.5 Å². The Labute approximate surface area is 137 Å². The van der Waals surface area contributed by atoms with Crippen molar-refractivity contribution >= 4 is 33.5 Å². The number of hydrogen-bond acceptors (Lipinski definition) is 3. The molecule has 0 radical (unpaired) electrons. The quantitative estimate of drug-likeness (QED) is 0.578. The van der Waals surface area contributed by atoms with Crippen molar-refractivity contribution in [2.45, 2.75) is 13.8 Å². The van der Waals surface area contributed by atoms with Crippen molar-refractivity contribution in [2.24, 2.45) is 0 Å². The van der Waals surface area contributed by atoms with Crippen LogP contribution in [0.2, 0.25) is 5.02 Å². The number of ether oxygens (including phenoxy) is 2. The summed E-state index contributed by atoms with van der Waals surface area (Å²) >= 11 is 9.26. The summed E-state index contributed by atoms with van der Waals surface area (Å²) < 4.78 is 11.7. The van der Waals surface area contributed by atoms with Crippen LogP contribution in [0, 0.1) is 13.8 Å². The molecule has 5 heteroatoms. The molecule has 0 heterocycles. The van der Waals surface area contributed by atoms with Gasteiger partial charge in [-0.1, -0.05) is 27.5 Å². The first-order valence-corrected chi connectivity index (χ1v) is 7.48. The van der Waals surface area contributed by atoms with E-state index >= 15 is 0 Å². The minimum atomic E-state index is -0.457. The summed E-state index contributed by atoms with van der Waals surface area (Å²) in [5.74, 6) is 0.654. The molecule has 21 heavy (non-hydrogen) atoms. The Morgan fingerprint density at radius 1 is 1.14 bits per heavy atom. The molecule has 0 fully saturated rings. The van der Waals surface area contributed by atoms with Crippen LogP contribution in [0.5, 0.6) is 11.5 Å². The highest BCUT2D eigenvalue weighted by molar-refractivity contribution is 9.10. The first kappa shape index (κ1) is 15.9. The predicted octanol–water partition coefficient (Wildman–Crippen LogP) is 4.70. The van der Waals surface area contributed by atoms with E-state index in [0.29, 0.717) is 16.5 Å². The van der Waals surface area contributed by atoms with E-state index in [2.05, 4.69) is 15.9 Å². The summed E-state index contributed by atoms with van der Waals surface area (Å²) in [6.45, 7) is 3.63. The Hall–Kier alpha value is -1.52. The van der Waals surface area contributed by atoms with Crippen LogP contribution >= 0.6 is 27.5 Å². The summed E-state index contributed by atoms with van der Waals surface area (Å²) in [4.78, 5) is 11.8. The zero-order chi connectivity index (χ0) is 15.4. The minimum Gasteiger partial charge on any atom is -0.482 e. The van der Waals surface area contributed by atoms with Crippen molar-refractivity contribution in [3.05, 3.63) is 57.0 Å². The molecule has 0 unspecified atom stereocenters. The van der Waals surface area contributed by atoms with E-state index in [4.69, 9.17) is 21.1 Å². The van der Waals surface area contributed by atoms with Crippen LogP contribution in [0.15, 0.2) is 40.9 Å². The van der Waals surface area contributed by atoms with Crippen LogP contribution in [-0.4, -0.2) is 12.6 Å². The van der Waals surface area contributed by atoms with Crippen LogP contribution in [0.4, 0.5) is 0 Å². The van der Waals surface area contributed by atoms with Crippen LogP contribution in [0.3, 0.4) is 0 Å². The molecule has 0 aliphatic rings. The van der Waals surface area contributed by atoms with E-state index in [1.54, 1.807) is 24.3 Å². The number of carbonyl (C=O) groups excluding carboxylic acids is 1. The van der Waals surface area contributed by atoms with Gasteiger partial charge < -0.3 is 9.47 Å². The first-order valence-electron chi connectivity index (χ1n) is 6.31. The fourth-order valence-electron chi connectivity index (χ4n) is 1.73. The second-order valence-corrected chi connectivity index (χ2v) is 5.87. The maximum atomic E-state index is 11.8. The van der Waals surface area contributed by atoms with E-state index in [1.807, 2.05) is 26.0 Å². The highest BCUT2D eigenvalue weighted by atomic mass is 79.9. The molecule has 0 aliphatic heterocycles. The van der Waals surface area contributed by atoms with Gasteiger partial charge in [-0.25, -0.2) is 4.79 Å². The number of halogens is 2. The van der Waals surface area contributed by atoms with E-state index in [1.165, 1.54) is 0 Å². The SMILES string of the molecule is Cc1cc(OCC(=O)Oc2ccc(Cl)cc2C)ccc1Br. The lowest BCUT2D eigenvalue weighted by molar-refractivity contribution is -0.136. The average Bonchev–Trinajstić information content (AvgIpc) is 2.43. The molecule has 0 spiro atoms. The zero-order valence-corrected chi connectivity index (χ0v) is 14.0. The summed E-state index contributed by atoms with van der Waals surface area (Å²) in [6, 6.07) is 10.6. The molecule has 0 saturated carbocycles. The van der Waals surface area contributed by atoms with Gasteiger partial charge in [0.15, 0.2) is 6.61 Å². The van der Waals surface area contributed by atoms with Gasteiger partial charge in [-0.05, 0) is 61.4 Å². The lowest BCUT2D eigenvalue weighted by Gasteiger charge is -2.09. The van der Waals surface area contributed by atoms with Gasteiger partial charge in [0.05, 0.1) is 0 Å². The van der Waals surface area contributed by atoms with E-state index in [0.717, 1.165) is 15.6 Å². The fraction of sp³-hybridized carbons (Fsp3) is 0.188. The molecule has 0 amide bonds. The van der Waals surface area contributed by atoms with Gasteiger partial charge in [0.1, 0.15) is 11.5 Å². The highest BCUT2D eigenvalue weighted by Crippen LogP contribution is 2.23. The lowest BCUT2D eigenvalue weighted by atomic mass is 10.2. The molecular weight excluding hydrogens is 356 g/mol. The molecule has 3 nitrogen and oxygen atoms in total. The van der Waals surface area contributed by atoms with Crippen LogP contribution in [0.25, 0.3) is 0 Å². The molecule has 2 aromatic carbocycles. The molecule has 0 saturated heterocycles. The molecule has 2 aromatic rings. The molecule has 2 rings (SSSR count). The Balaban J connectivity index is 1.94.